The van der Waals surface area contributed by atoms with Crippen LogP contribution in [0.4, 0.5) is 4.39 Å². The van der Waals surface area contributed by atoms with Crippen molar-refractivity contribution in [3.8, 4) is 0 Å². The number of oxime groups is 1. The van der Waals surface area contributed by atoms with Crippen LogP contribution in [0.3, 0.4) is 0 Å². The van der Waals surface area contributed by atoms with Crippen molar-refractivity contribution in [3.63, 3.8) is 0 Å². The fraction of sp³-hybridized carbons (Fsp3) is 0.462. The first-order valence-electron chi connectivity index (χ1n) is 6.45. The highest BCUT2D eigenvalue weighted by Gasteiger charge is 2.20. The number of hydrogen-bond acceptors (Lipinski definition) is 5. The van der Waals surface area contributed by atoms with E-state index in [0.29, 0.717) is 20.7 Å². The summed E-state index contributed by atoms with van der Waals surface area (Å²) in [5, 5.41) is 12.0. The molecule has 0 spiro atoms. The maximum Gasteiger partial charge on any atom is 0.332 e. The Morgan fingerprint density at radius 3 is 2.62 bits per heavy atom. The smallest absolute Gasteiger partial charge is 0.332 e. The molecule has 0 bridgehead atoms. The quantitative estimate of drug-likeness (QED) is 0.532. The van der Waals surface area contributed by atoms with Crippen LogP contribution in [0.2, 0.25) is 0 Å². The highest BCUT2D eigenvalue weighted by atomic mass is 32.1. The van der Waals surface area contributed by atoms with Gasteiger partial charge in [0.05, 0.1) is 23.0 Å². The lowest BCUT2D eigenvalue weighted by molar-refractivity contribution is 0.322. The van der Waals surface area contributed by atoms with Gasteiger partial charge in [0.15, 0.2) is 0 Å². The molecule has 0 aromatic carbocycles. The summed E-state index contributed by atoms with van der Waals surface area (Å²) in [5.41, 5.74) is -0.292. The van der Waals surface area contributed by atoms with Crippen LogP contribution in [0.15, 0.2) is 14.7 Å². The van der Waals surface area contributed by atoms with E-state index in [1.807, 2.05) is 0 Å². The average molecular weight is 313 g/mol. The number of aromatic nitrogens is 2. The van der Waals surface area contributed by atoms with E-state index in [1.54, 1.807) is 20.8 Å². The maximum atomic E-state index is 12.8. The van der Waals surface area contributed by atoms with Gasteiger partial charge in [0.2, 0.25) is 0 Å². The Kier molecular flexibility index (Phi) is 4.26. The third kappa shape index (κ3) is 2.39. The van der Waals surface area contributed by atoms with Crippen molar-refractivity contribution in [2.45, 2.75) is 33.4 Å². The Morgan fingerprint density at radius 2 is 2.10 bits per heavy atom. The van der Waals surface area contributed by atoms with E-state index in [2.05, 4.69) is 5.16 Å². The normalized spacial score (nSPS) is 12.0. The molecular weight excluding hydrogens is 297 g/mol. The third-order valence-corrected chi connectivity index (χ3v) is 4.53. The molecule has 1 N–H and O–H groups in total. The minimum Gasteiger partial charge on any atom is -0.411 e. The number of rotatable bonds is 4. The zero-order valence-corrected chi connectivity index (χ0v) is 12.8. The summed E-state index contributed by atoms with van der Waals surface area (Å²) in [5.74, 6) is 0. The molecule has 114 valence electrons. The van der Waals surface area contributed by atoms with Gasteiger partial charge < -0.3 is 5.21 Å². The first kappa shape index (κ1) is 15.4. The van der Waals surface area contributed by atoms with Gasteiger partial charge in [-0.15, -0.1) is 11.3 Å². The molecule has 2 aromatic rings. The molecule has 8 heteroatoms. The maximum absolute atomic E-state index is 12.8. The van der Waals surface area contributed by atoms with Gasteiger partial charge in [-0.1, -0.05) is 5.16 Å². The van der Waals surface area contributed by atoms with Crippen molar-refractivity contribution >= 4 is 27.8 Å². The van der Waals surface area contributed by atoms with Crippen LogP contribution in [-0.4, -0.2) is 27.2 Å². The van der Waals surface area contributed by atoms with E-state index in [1.165, 1.54) is 10.8 Å². The largest absolute Gasteiger partial charge is 0.411 e. The number of thiophene rings is 1. The van der Waals surface area contributed by atoms with E-state index < -0.39 is 17.9 Å². The molecule has 2 heterocycles. The first-order valence-corrected chi connectivity index (χ1v) is 7.27. The Balaban J connectivity index is 3.02. The van der Waals surface area contributed by atoms with Crippen LogP contribution in [0.5, 0.6) is 0 Å². The SMILES string of the molecule is Cc1c(/C=N/O)sc2c1c(=O)n(C(C)C)c(=O)n2CCF. The van der Waals surface area contributed by atoms with Crippen molar-refractivity contribution in [3.05, 3.63) is 31.3 Å². The van der Waals surface area contributed by atoms with Crippen molar-refractivity contribution in [1.29, 1.82) is 0 Å². The summed E-state index contributed by atoms with van der Waals surface area (Å²) in [7, 11) is 0. The van der Waals surface area contributed by atoms with E-state index in [-0.39, 0.29) is 12.6 Å². The van der Waals surface area contributed by atoms with Crippen LogP contribution in [-0.2, 0) is 6.54 Å². The van der Waals surface area contributed by atoms with Gasteiger partial charge in [0, 0.05) is 6.04 Å². The molecule has 0 amide bonds. The lowest BCUT2D eigenvalue weighted by Crippen LogP contribution is -2.41. The van der Waals surface area contributed by atoms with Crippen molar-refractivity contribution in [1.82, 2.24) is 9.13 Å². The molecule has 0 radical (unpaired) electrons. The Bertz CT molecular complexity index is 817. The van der Waals surface area contributed by atoms with Crippen molar-refractivity contribution in [2.24, 2.45) is 5.16 Å². The second-order valence-corrected chi connectivity index (χ2v) is 5.94. The van der Waals surface area contributed by atoms with Crippen LogP contribution in [0.1, 0.15) is 30.3 Å². The molecule has 0 unspecified atom stereocenters. The summed E-state index contributed by atoms with van der Waals surface area (Å²) < 4.78 is 15.2. The van der Waals surface area contributed by atoms with Gasteiger partial charge >= 0.3 is 5.69 Å². The molecule has 0 fully saturated rings. The van der Waals surface area contributed by atoms with Crippen LogP contribution >= 0.6 is 11.3 Å². The summed E-state index contributed by atoms with van der Waals surface area (Å²) in [6, 6.07) is -0.325. The van der Waals surface area contributed by atoms with Gasteiger partial charge in [-0.25, -0.2) is 9.18 Å². The first-order chi connectivity index (χ1) is 9.93. The number of nitrogens with zero attached hydrogens (tertiary/aromatic N) is 3. The summed E-state index contributed by atoms with van der Waals surface area (Å²) in [6.45, 7) is 4.36. The van der Waals surface area contributed by atoms with Gasteiger partial charge in [-0.3, -0.25) is 13.9 Å². The molecule has 0 aliphatic heterocycles. The topological polar surface area (TPSA) is 76.6 Å². The molecule has 2 rings (SSSR count). The summed E-state index contributed by atoms with van der Waals surface area (Å²) in [6.07, 6.45) is 1.21. The minimum absolute atomic E-state index is 0.113. The minimum atomic E-state index is -0.703. The molecule has 6 nitrogen and oxygen atoms in total. The fourth-order valence-electron chi connectivity index (χ4n) is 2.29. The second kappa shape index (κ2) is 5.80. The molecular formula is C13H16FN3O3S. The molecule has 0 saturated carbocycles. The predicted molar refractivity (Wildman–Crippen MR) is 80.8 cm³/mol. The van der Waals surface area contributed by atoms with Crippen molar-refractivity contribution < 1.29 is 9.60 Å². The lowest BCUT2D eigenvalue weighted by Gasteiger charge is -2.13. The third-order valence-electron chi connectivity index (χ3n) is 3.28. The molecule has 0 aliphatic carbocycles. The number of fused-ring (bicyclic) bond motifs is 1. The van der Waals surface area contributed by atoms with Gasteiger partial charge in [0.25, 0.3) is 5.56 Å². The number of halogens is 1. The zero-order chi connectivity index (χ0) is 15.7. The van der Waals surface area contributed by atoms with E-state index >= 15 is 0 Å². The highest BCUT2D eigenvalue weighted by molar-refractivity contribution is 7.20. The van der Waals surface area contributed by atoms with Gasteiger partial charge in [0.1, 0.15) is 11.5 Å². The standard InChI is InChI=1S/C13H16FN3O3S/c1-7(2)17-11(18)10-8(3)9(6-15-20)21-12(10)16(5-4-14)13(17)19/h6-7,20H,4-5H2,1-3H3/b15-6+. The number of hydrogen-bond donors (Lipinski definition) is 1. The van der Waals surface area contributed by atoms with E-state index in [4.69, 9.17) is 5.21 Å². The molecule has 0 aliphatic rings. The molecule has 21 heavy (non-hydrogen) atoms. The van der Waals surface area contributed by atoms with Crippen LogP contribution < -0.4 is 11.2 Å². The fourth-order valence-corrected chi connectivity index (χ4v) is 3.48. The lowest BCUT2D eigenvalue weighted by atomic mass is 10.2. The molecule has 2 aromatic heterocycles. The number of aryl methyl sites for hydroxylation is 2. The molecule has 0 atom stereocenters. The monoisotopic (exact) mass is 313 g/mol. The van der Waals surface area contributed by atoms with Gasteiger partial charge in [-0.05, 0) is 26.3 Å². The van der Waals surface area contributed by atoms with E-state index in [9.17, 15) is 14.0 Å². The Morgan fingerprint density at radius 1 is 1.43 bits per heavy atom. The summed E-state index contributed by atoms with van der Waals surface area (Å²) >= 11 is 1.14. The van der Waals surface area contributed by atoms with Gasteiger partial charge in [-0.2, -0.15) is 0 Å². The Hall–Kier alpha value is -1.96. The summed E-state index contributed by atoms with van der Waals surface area (Å²) in [4.78, 5) is 25.9. The average Bonchev–Trinajstić information content (AvgIpc) is 2.72. The zero-order valence-electron chi connectivity index (χ0n) is 12.0. The molecule has 0 saturated heterocycles. The Labute approximate surface area is 123 Å². The second-order valence-electron chi connectivity index (χ2n) is 4.91. The van der Waals surface area contributed by atoms with Crippen molar-refractivity contribution in [2.75, 3.05) is 6.67 Å². The van der Waals surface area contributed by atoms with E-state index in [0.717, 1.165) is 15.9 Å². The van der Waals surface area contributed by atoms with Crippen LogP contribution in [0, 0.1) is 6.92 Å². The predicted octanol–water partition coefficient (Wildman–Crippen LogP) is 1.89. The van der Waals surface area contributed by atoms with Crippen LogP contribution in [0.25, 0.3) is 10.2 Å². The number of alkyl halides is 1. The highest BCUT2D eigenvalue weighted by Crippen LogP contribution is 2.26.